The van der Waals surface area contributed by atoms with E-state index in [0.29, 0.717) is 17.9 Å². The Balaban J connectivity index is 2.83. The zero-order valence-corrected chi connectivity index (χ0v) is 13.7. The molecule has 6 heteroatoms. The van der Waals surface area contributed by atoms with E-state index in [1.807, 2.05) is 0 Å². The van der Waals surface area contributed by atoms with Gasteiger partial charge in [-0.15, -0.1) is 0 Å². The SMILES string of the molecule is C=C/C(C(=O)Nc1ccc(CCC(=O)O)cc1)=C(O)\C=C(/C)OC. The molecule has 6 nitrogen and oxygen atoms in total. The Labute approximate surface area is 140 Å². The first-order chi connectivity index (χ1) is 11.4. The molecule has 1 amide bonds. The van der Waals surface area contributed by atoms with Gasteiger partial charge in [-0.1, -0.05) is 24.8 Å². The number of nitrogens with one attached hydrogen (secondary N) is 1. The Kier molecular flexibility index (Phi) is 7.29. The number of anilines is 1. The van der Waals surface area contributed by atoms with Crippen molar-refractivity contribution in [3.05, 3.63) is 65.7 Å². The summed E-state index contributed by atoms with van der Waals surface area (Å²) in [5.74, 6) is -1.17. The highest BCUT2D eigenvalue weighted by Crippen LogP contribution is 2.14. The first-order valence-electron chi connectivity index (χ1n) is 7.27. The van der Waals surface area contributed by atoms with E-state index in [2.05, 4.69) is 11.9 Å². The van der Waals surface area contributed by atoms with E-state index >= 15 is 0 Å². The second kappa shape index (κ2) is 9.19. The number of aliphatic hydroxyl groups excluding tert-OH is 1. The molecular formula is C18H21NO5. The standard InChI is InChI=1S/C18H21NO5/c1-4-15(16(20)11-12(2)24-3)18(23)19-14-8-5-13(6-9-14)7-10-17(21)22/h4-6,8-9,11,20H,1,7,10H2,2-3H3,(H,19,23)(H,21,22)/b12-11+,16-15-. The Morgan fingerprint density at radius 1 is 1.25 bits per heavy atom. The third-order valence-electron chi connectivity index (χ3n) is 3.23. The topological polar surface area (TPSA) is 95.9 Å². The van der Waals surface area contributed by atoms with Crippen LogP contribution in [0.25, 0.3) is 0 Å². The lowest BCUT2D eigenvalue weighted by molar-refractivity contribution is -0.137. The van der Waals surface area contributed by atoms with Crippen molar-refractivity contribution in [1.82, 2.24) is 0 Å². The number of aliphatic hydroxyl groups is 1. The lowest BCUT2D eigenvalue weighted by Crippen LogP contribution is -2.15. The van der Waals surface area contributed by atoms with Gasteiger partial charge in [0, 0.05) is 18.2 Å². The molecule has 0 aliphatic rings. The zero-order valence-electron chi connectivity index (χ0n) is 13.7. The summed E-state index contributed by atoms with van der Waals surface area (Å²) in [7, 11) is 1.46. The summed E-state index contributed by atoms with van der Waals surface area (Å²) >= 11 is 0. The van der Waals surface area contributed by atoms with Crippen molar-refractivity contribution in [3.63, 3.8) is 0 Å². The molecule has 0 aromatic heterocycles. The summed E-state index contributed by atoms with van der Waals surface area (Å²) < 4.78 is 4.93. The maximum absolute atomic E-state index is 12.2. The number of aryl methyl sites for hydroxylation is 1. The summed E-state index contributed by atoms with van der Waals surface area (Å²) in [4.78, 5) is 22.8. The summed E-state index contributed by atoms with van der Waals surface area (Å²) in [5, 5.41) is 21.3. The van der Waals surface area contributed by atoms with Crippen molar-refractivity contribution in [2.45, 2.75) is 19.8 Å². The van der Waals surface area contributed by atoms with Gasteiger partial charge in [-0.3, -0.25) is 9.59 Å². The van der Waals surface area contributed by atoms with Crippen molar-refractivity contribution in [2.24, 2.45) is 0 Å². The normalized spacial score (nSPS) is 12.2. The molecule has 0 saturated heterocycles. The molecule has 1 rings (SSSR count). The number of rotatable bonds is 8. The minimum Gasteiger partial charge on any atom is -0.507 e. The van der Waals surface area contributed by atoms with Gasteiger partial charge in [-0.25, -0.2) is 0 Å². The quantitative estimate of drug-likeness (QED) is 0.386. The molecule has 1 aromatic rings. The highest BCUT2D eigenvalue weighted by atomic mass is 16.5. The van der Waals surface area contributed by atoms with Crippen molar-refractivity contribution in [2.75, 3.05) is 12.4 Å². The first kappa shape index (κ1) is 19.0. The number of aliphatic carboxylic acids is 1. The fourth-order valence-electron chi connectivity index (χ4n) is 1.85. The molecule has 0 heterocycles. The van der Waals surface area contributed by atoms with Gasteiger partial charge in [0.1, 0.15) is 5.76 Å². The van der Waals surface area contributed by atoms with Crippen LogP contribution in [-0.4, -0.2) is 29.2 Å². The van der Waals surface area contributed by atoms with E-state index in [0.717, 1.165) is 5.56 Å². The molecule has 128 valence electrons. The molecule has 0 aliphatic heterocycles. The number of amides is 1. The minimum absolute atomic E-state index is 0.0151. The number of methoxy groups -OCH3 is 1. The predicted molar refractivity (Wildman–Crippen MR) is 91.6 cm³/mol. The highest BCUT2D eigenvalue weighted by Gasteiger charge is 2.11. The van der Waals surface area contributed by atoms with E-state index in [1.165, 1.54) is 19.3 Å². The van der Waals surface area contributed by atoms with Crippen molar-refractivity contribution in [1.29, 1.82) is 0 Å². The van der Waals surface area contributed by atoms with Crippen LogP contribution in [0.5, 0.6) is 0 Å². The van der Waals surface area contributed by atoms with Crippen LogP contribution >= 0.6 is 0 Å². The summed E-state index contributed by atoms with van der Waals surface area (Å²) in [6, 6.07) is 6.82. The number of allylic oxidation sites excluding steroid dienone is 2. The lowest BCUT2D eigenvalue weighted by atomic mass is 10.1. The van der Waals surface area contributed by atoms with Crippen molar-refractivity contribution < 1.29 is 24.5 Å². The number of carbonyl (C=O) groups excluding carboxylic acids is 1. The summed E-state index contributed by atoms with van der Waals surface area (Å²) in [5.41, 5.74) is 1.40. The smallest absolute Gasteiger partial charge is 0.303 e. The molecule has 0 bridgehead atoms. The molecule has 0 saturated carbocycles. The van der Waals surface area contributed by atoms with Gasteiger partial charge in [0.2, 0.25) is 0 Å². The van der Waals surface area contributed by atoms with Gasteiger partial charge in [-0.2, -0.15) is 0 Å². The van der Waals surface area contributed by atoms with Crippen LogP contribution in [0, 0.1) is 0 Å². The van der Waals surface area contributed by atoms with Gasteiger partial charge < -0.3 is 20.3 Å². The van der Waals surface area contributed by atoms with E-state index in [-0.39, 0.29) is 17.8 Å². The molecule has 24 heavy (non-hydrogen) atoms. The Morgan fingerprint density at radius 2 is 1.88 bits per heavy atom. The lowest BCUT2D eigenvalue weighted by Gasteiger charge is -2.08. The maximum atomic E-state index is 12.2. The predicted octanol–water partition coefficient (Wildman–Crippen LogP) is 3.19. The van der Waals surface area contributed by atoms with Crippen LogP contribution in [0.3, 0.4) is 0 Å². The van der Waals surface area contributed by atoms with E-state index < -0.39 is 11.9 Å². The van der Waals surface area contributed by atoms with Crippen molar-refractivity contribution in [3.8, 4) is 0 Å². The monoisotopic (exact) mass is 331 g/mol. The zero-order chi connectivity index (χ0) is 18.1. The molecule has 3 N–H and O–H groups in total. The molecule has 0 spiro atoms. The van der Waals surface area contributed by atoms with Gasteiger partial charge in [0.25, 0.3) is 5.91 Å². The molecule has 0 radical (unpaired) electrons. The third kappa shape index (κ3) is 6.00. The Bertz CT molecular complexity index is 671. The van der Waals surface area contributed by atoms with Gasteiger partial charge in [-0.05, 0) is 31.0 Å². The third-order valence-corrected chi connectivity index (χ3v) is 3.23. The van der Waals surface area contributed by atoms with Gasteiger partial charge >= 0.3 is 5.97 Å². The number of ether oxygens (including phenoxy) is 1. The van der Waals surface area contributed by atoms with Crippen LogP contribution in [0.15, 0.2) is 60.1 Å². The van der Waals surface area contributed by atoms with Crippen LogP contribution in [0.2, 0.25) is 0 Å². The molecule has 0 aliphatic carbocycles. The van der Waals surface area contributed by atoms with Crippen LogP contribution < -0.4 is 5.32 Å². The fraction of sp³-hybridized carbons (Fsp3) is 0.222. The minimum atomic E-state index is -0.858. The average molecular weight is 331 g/mol. The Morgan fingerprint density at radius 3 is 2.38 bits per heavy atom. The van der Waals surface area contributed by atoms with Gasteiger partial charge in [0.15, 0.2) is 0 Å². The maximum Gasteiger partial charge on any atom is 0.303 e. The van der Waals surface area contributed by atoms with Crippen molar-refractivity contribution >= 4 is 17.6 Å². The fourth-order valence-corrected chi connectivity index (χ4v) is 1.85. The summed E-state index contributed by atoms with van der Waals surface area (Å²) in [6.07, 6.45) is 3.05. The first-order valence-corrected chi connectivity index (χ1v) is 7.27. The van der Waals surface area contributed by atoms with Crippen LogP contribution in [0.1, 0.15) is 18.9 Å². The highest BCUT2D eigenvalue weighted by molar-refractivity contribution is 6.06. The van der Waals surface area contributed by atoms with Gasteiger partial charge in [0.05, 0.1) is 18.4 Å². The number of benzene rings is 1. The molecular weight excluding hydrogens is 310 g/mol. The number of carboxylic acid groups (broad SMARTS) is 1. The molecule has 0 fully saturated rings. The number of hydrogen-bond donors (Lipinski definition) is 3. The Hall–Kier alpha value is -3.02. The molecule has 1 aromatic carbocycles. The summed E-state index contributed by atoms with van der Waals surface area (Å²) in [6.45, 7) is 5.17. The van der Waals surface area contributed by atoms with E-state index in [1.54, 1.807) is 31.2 Å². The average Bonchev–Trinajstić information content (AvgIpc) is 2.54. The molecule has 0 atom stereocenters. The van der Waals surface area contributed by atoms with E-state index in [4.69, 9.17) is 9.84 Å². The number of hydrogen-bond acceptors (Lipinski definition) is 4. The molecule has 0 unspecified atom stereocenters. The second-order valence-electron chi connectivity index (χ2n) is 5.01. The number of carboxylic acids is 1. The van der Waals surface area contributed by atoms with Crippen LogP contribution in [0.4, 0.5) is 5.69 Å². The van der Waals surface area contributed by atoms with E-state index in [9.17, 15) is 14.7 Å². The largest absolute Gasteiger partial charge is 0.507 e. The van der Waals surface area contributed by atoms with Crippen LogP contribution in [-0.2, 0) is 20.7 Å². The number of carbonyl (C=O) groups is 2. The second-order valence-corrected chi connectivity index (χ2v) is 5.01.